The van der Waals surface area contributed by atoms with Crippen LogP contribution in [0.4, 0.5) is 13.2 Å². The third-order valence-corrected chi connectivity index (χ3v) is 3.94. The van der Waals surface area contributed by atoms with Crippen LogP contribution < -0.4 is 11.1 Å². The summed E-state index contributed by atoms with van der Waals surface area (Å²) in [4.78, 5) is 11.9. The molecule has 0 spiro atoms. The van der Waals surface area contributed by atoms with Crippen molar-refractivity contribution in [2.24, 2.45) is 16.0 Å². The Morgan fingerprint density at radius 3 is 2.76 bits per heavy atom. The Morgan fingerprint density at radius 1 is 1.44 bits per heavy atom. The fourth-order valence-corrected chi connectivity index (χ4v) is 2.37. The Kier molecular flexibility index (Phi) is 5.79. The summed E-state index contributed by atoms with van der Waals surface area (Å²) in [5.74, 6) is 2.09. The van der Waals surface area contributed by atoms with E-state index in [-0.39, 0.29) is 18.4 Å². The molecule has 1 unspecified atom stereocenters. The van der Waals surface area contributed by atoms with Crippen molar-refractivity contribution in [1.82, 2.24) is 15.5 Å². The van der Waals surface area contributed by atoms with Crippen molar-refractivity contribution in [3.63, 3.8) is 0 Å². The highest BCUT2D eigenvalue weighted by Crippen LogP contribution is 2.36. The molecular formula is C15H19F3N6O. The lowest BCUT2D eigenvalue weighted by atomic mass is 10.0. The maximum Gasteiger partial charge on any atom is 0.433 e. The fourth-order valence-electron chi connectivity index (χ4n) is 2.37. The molecule has 1 aromatic rings. The van der Waals surface area contributed by atoms with Crippen molar-refractivity contribution >= 4 is 5.91 Å². The zero-order valence-corrected chi connectivity index (χ0v) is 13.4. The number of rotatable bonds is 9. The summed E-state index contributed by atoms with van der Waals surface area (Å²) < 4.78 is 38.2. The summed E-state index contributed by atoms with van der Waals surface area (Å²) in [6, 6.07) is -0.911. The molecule has 1 aliphatic heterocycles. The van der Waals surface area contributed by atoms with Gasteiger partial charge in [0.2, 0.25) is 5.91 Å². The van der Waals surface area contributed by atoms with Crippen LogP contribution in [0, 0.1) is 12.3 Å². The Morgan fingerprint density at radius 2 is 2.16 bits per heavy atom. The Hall–Kier alpha value is -2.41. The lowest BCUT2D eigenvalue weighted by Gasteiger charge is -2.14. The number of carbonyl (C=O) groups is 1. The zero-order valence-electron chi connectivity index (χ0n) is 13.4. The largest absolute Gasteiger partial charge is 0.433 e. The standard InChI is InChI=1S/C15H19F3N6O/c1-2-3-6-14(23-24-14)7-8-20-13(25)11(19)5-4-10-9-21-22-12(10)15(16,17)18/h1,9,11H,3-8,19H2,(H,20,25)(H,21,22). The second-order valence-electron chi connectivity index (χ2n) is 5.84. The molecule has 1 amide bonds. The van der Waals surface area contributed by atoms with E-state index in [0.29, 0.717) is 25.8 Å². The number of terminal acetylenes is 1. The van der Waals surface area contributed by atoms with Crippen LogP contribution in [0.1, 0.15) is 36.9 Å². The summed E-state index contributed by atoms with van der Waals surface area (Å²) in [7, 11) is 0. The molecule has 0 saturated heterocycles. The van der Waals surface area contributed by atoms with Crippen molar-refractivity contribution < 1.29 is 18.0 Å². The zero-order chi connectivity index (χ0) is 18.5. The normalized spacial score (nSPS) is 16.3. The van der Waals surface area contributed by atoms with Gasteiger partial charge in [0, 0.05) is 31.4 Å². The van der Waals surface area contributed by atoms with Gasteiger partial charge in [-0.2, -0.15) is 28.5 Å². The first-order valence-corrected chi connectivity index (χ1v) is 7.78. The summed E-state index contributed by atoms with van der Waals surface area (Å²) in [5.41, 5.74) is 4.32. The molecule has 1 aromatic heterocycles. The quantitative estimate of drug-likeness (QED) is 0.587. The molecule has 7 nitrogen and oxygen atoms in total. The van der Waals surface area contributed by atoms with Gasteiger partial charge in [-0.3, -0.25) is 9.89 Å². The number of aryl methyl sites for hydroxylation is 1. The predicted molar refractivity (Wildman–Crippen MR) is 83.2 cm³/mol. The molecule has 10 heteroatoms. The van der Waals surface area contributed by atoms with Gasteiger partial charge in [-0.25, -0.2) is 0 Å². The Balaban J connectivity index is 1.72. The van der Waals surface area contributed by atoms with Crippen LogP contribution in [-0.2, 0) is 17.4 Å². The highest BCUT2D eigenvalue weighted by atomic mass is 19.4. The highest BCUT2D eigenvalue weighted by Gasteiger charge is 2.39. The van der Waals surface area contributed by atoms with E-state index in [1.165, 1.54) is 0 Å². The van der Waals surface area contributed by atoms with Crippen molar-refractivity contribution in [2.45, 2.75) is 50.0 Å². The third-order valence-electron chi connectivity index (χ3n) is 3.94. The number of aromatic amines is 1. The molecule has 0 aliphatic carbocycles. The van der Waals surface area contributed by atoms with E-state index in [2.05, 4.69) is 26.6 Å². The number of H-pyrrole nitrogens is 1. The minimum absolute atomic E-state index is 0.00327. The molecule has 25 heavy (non-hydrogen) atoms. The number of halogens is 3. The number of nitrogens with one attached hydrogen (secondary N) is 2. The number of nitrogens with zero attached hydrogens (tertiary/aromatic N) is 3. The summed E-state index contributed by atoms with van der Waals surface area (Å²) in [6.45, 7) is 0.323. The Labute approximate surface area is 142 Å². The number of aromatic nitrogens is 2. The molecule has 0 saturated carbocycles. The summed E-state index contributed by atoms with van der Waals surface area (Å²) in [6.07, 6.45) is 3.55. The van der Waals surface area contributed by atoms with Crippen LogP contribution in [-0.4, -0.2) is 34.4 Å². The van der Waals surface area contributed by atoms with E-state index in [1.54, 1.807) is 0 Å². The minimum atomic E-state index is -4.51. The van der Waals surface area contributed by atoms with Gasteiger partial charge in [0.05, 0.1) is 12.2 Å². The van der Waals surface area contributed by atoms with Gasteiger partial charge in [-0.15, -0.1) is 12.3 Å². The molecule has 0 radical (unpaired) electrons. The molecule has 1 aliphatic rings. The molecule has 2 rings (SSSR count). The molecule has 0 aromatic carbocycles. The van der Waals surface area contributed by atoms with Gasteiger partial charge in [-0.05, 0) is 12.8 Å². The van der Waals surface area contributed by atoms with Gasteiger partial charge in [0.15, 0.2) is 5.66 Å². The number of alkyl halides is 3. The van der Waals surface area contributed by atoms with Crippen molar-refractivity contribution in [1.29, 1.82) is 0 Å². The monoisotopic (exact) mass is 356 g/mol. The van der Waals surface area contributed by atoms with Crippen LogP contribution >= 0.6 is 0 Å². The van der Waals surface area contributed by atoms with E-state index in [9.17, 15) is 18.0 Å². The van der Waals surface area contributed by atoms with Gasteiger partial charge in [-0.1, -0.05) is 0 Å². The molecule has 0 bridgehead atoms. The molecule has 2 heterocycles. The van der Waals surface area contributed by atoms with Gasteiger partial charge < -0.3 is 11.1 Å². The second kappa shape index (κ2) is 7.65. The number of nitrogens with two attached hydrogens (primary N) is 1. The first kappa shape index (κ1) is 18.9. The van der Waals surface area contributed by atoms with Gasteiger partial charge in [0.25, 0.3) is 0 Å². The fraction of sp³-hybridized carbons (Fsp3) is 0.600. The maximum atomic E-state index is 12.7. The van der Waals surface area contributed by atoms with E-state index < -0.39 is 29.5 Å². The van der Waals surface area contributed by atoms with E-state index >= 15 is 0 Å². The van der Waals surface area contributed by atoms with Crippen molar-refractivity contribution in [2.75, 3.05) is 6.54 Å². The number of hydrogen-bond donors (Lipinski definition) is 3. The molecular weight excluding hydrogens is 337 g/mol. The van der Waals surface area contributed by atoms with E-state index in [1.807, 2.05) is 5.10 Å². The average molecular weight is 356 g/mol. The van der Waals surface area contributed by atoms with Gasteiger partial charge >= 0.3 is 6.18 Å². The van der Waals surface area contributed by atoms with Crippen LogP contribution in [0.2, 0.25) is 0 Å². The van der Waals surface area contributed by atoms with Crippen LogP contribution in [0.15, 0.2) is 16.4 Å². The average Bonchev–Trinajstić information content (AvgIpc) is 3.14. The molecule has 0 fully saturated rings. The van der Waals surface area contributed by atoms with Crippen LogP contribution in [0.3, 0.4) is 0 Å². The lowest BCUT2D eigenvalue weighted by molar-refractivity contribution is -0.141. The topological polar surface area (TPSA) is 109 Å². The maximum absolute atomic E-state index is 12.7. The lowest BCUT2D eigenvalue weighted by Crippen LogP contribution is -2.42. The van der Waals surface area contributed by atoms with Crippen LogP contribution in [0.25, 0.3) is 0 Å². The molecule has 136 valence electrons. The van der Waals surface area contributed by atoms with E-state index in [0.717, 1.165) is 6.20 Å². The third kappa shape index (κ3) is 5.29. The Bertz CT molecular complexity index is 670. The summed E-state index contributed by atoms with van der Waals surface area (Å²) in [5, 5.41) is 15.9. The number of carbonyl (C=O) groups excluding carboxylic acids is 1. The first-order valence-electron chi connectivity index (χ1n) is 7.78. The number of amides is 1. The second-order valence-corrected chi connectivity index (χ2v) is 5.84. The highest BCUT2D eigenvalue weighted by molar-refractivity contribution is 5.81. The molecule has 4 N–H and O–H groups in total. The predicted octanol–water partition coefficient (Wildman–Crippen LogP) is 1.77. The first-order chi connectivity index (χ1) is 11.8. The number of hydrogen-bond acceptors (Lipinski definition) is 5. The summed E-state index contributed by atoms with van der Waals surface area (Å²) >= 11 is 0. The van der Waals surface area contributed by atoms with Crippen molar-refractivity contribution in [3.05, 3.63) is 17.5 Å². The minimum Gasteiger partial charge on any atom is -0.355 e. The van der Waals surface area contributed by atoms with Gasteiger partial charge in [0.1, 0.15) is 5.69 Å². The van der Waals surface area contributed by atoms with E-state index in [4.69, 9.17) is 12.2 Å². The SMILES string of the molecule is C#CCCC1(CCNC(=O)C(N)CCc2cn[nH]c2C(F)(F)F)N=N1. The van der Waals surface area contributed by atoms with Crippen LogP contribution in [0.5, 0.6) is 0 Å². The smallest absolute Gasteiger partial charge is 0.355 e. The van der Waals surface area contributed by atoms with Crippen molar-refractivity contribution in [3.8, 4) is 12.3 Å². The molecule has 1 atom stereocenters.